The van der Waals surface area contributed by atoms with Crippen molar-refractivity contribution in [2.45, 2.75) is 6.92 Å². The standard InChI is InChI=1S/C19H13BrClN3O2S/c1-9-7-11(21)4-5-13(9)22-19-23-17(25)16(27-19)15-12-8-10(20)3-6-14(12)24(2)18(15)26/h3-8H,1-2H3,(H,22,23,25)/b16-15-. The van der Waals surface area contributed by atoms with E-state index in [4.69, 9.17) is 11.6 Å². The highest BCUT2D eigenvalue weighted by molar-refractivity contribution is 9.10. The van der Waals surface area contributed by atoms with Crippen LogP contribution in [0.3, 0.4) is 0 Å². The zero-order valence-electron chi connectivity index (χ0n) is 14.3. The van der Waals surface area contributed by atoms with Gasteiger partial charge in [0.15, 0.2) is 5.17 Å². The fourth-order valence-corrected chi connectivity index (χ4v) is 4.52. The number of rotatable bonds is 1. The van der Waals surface area contributed by atoms with Crippen molar-refractivity contribution in [3.63, 3.8) is 0 Å². The van der Waals surface area contributed by atoms with Crippen LogP contribution in [-0.4, -0.2) is 24.0 Å². The topological polar surface area (TPSA) is 61.8 Å². The maximum absolute atomic E-state index is 12.8. The lowest BCUT2D eigenvalue weighted by Gasteiger charge is -2.08. The third-order valence-electron chi connectivity index (χ3n) is 4.34. The van der Waals surface area contributed by atoms with Crippen LogP contribution in [0.5, 0.6) is 0 Å². The lowest BCUT2D eigenvalue weighted by Crippen LogP contribution is -2.23. The first-order valence-corrected chi connectivity index (χ1v) is 10.00. The molecule has 0 bridgehead atoms. The van der Waals surface area contributed by atoms with Gasteiger partial charge in [-0.15, -0.1) is 0 Å². The Morgan fingerprint density at radius 3 is 2.70 bits per heavy atom. The average Bonchev–Trinajstić information content (AvgIpc) is 3.08. The molecule has 136 valence electrons. The fraction of sp³-hybridized carbons (Fsp3) is 0.105. The molecule has 27 heavy (non-hydrogen) atoms. The van der Waals surface area contributed by atoms with Crippen LogP contribution in [0.1, 0.15) is 11.1 Å². The molecule has 0 spiro atoms. The molecule has 0 saturated carbocycles. The lowest BCUT2D eigenvalue weighted by molar-refractivity contribution is -0.116. The van der Waals surface area contributed by atoms with Crippen LogP contribution in [-0.2, 0) is 9.59 Å². The normalized spacial score (nSPS) is 20.4. The number of amidine groups is 1. The number of carbonyl (C=O) groups is 2. The average molecular weight is 463 g/mol. The van der Waals surface area contributed by atoms with Crippen LogP contribution in [0.15, 0.2) is 50.8 Å². The molecule has 0 atom stereocenters. The number of hydrogen-bond acceptors (Lipinski definition) is 4. The van der Waals surface area contributed by atoms with Crippen LogP contribution in [0.2, 0.25) is 5.02 Å². The highest BCUT2D eigenvalue weighted by Gasteiger charge is 2.38. The molecule has 1 saturated heterocycles. The number of nitrogens with zero attached hydrogens (tertiary/aromatic N) is 2. The summed E-state index contributed by atoms with van der Waals surface area (Å²) >= 11 is 10.6. The van der Waals surface area contributed by atoms with Crippen molar-refractivity contribution >= 4 is 73.2 Å². The predicted octanol–water partition coefficient (Wildman–Crippen LogP) is 4.65. The molecule has 2 aromatic rings. The van der Waals surface area contributed by atoms with Crippen LogP contribution in [0.4, 0.5) is 11.4 Å². The summed E-state index contributed by atoms with van der Waals surface area (Å²) in [5, 5.41) is 3.82. The number of aryl methyl sites for hydroxylation is 1. The van der Waals surface area contributed by atoms with E-state index in [1.165, 1.54) is 11.8 Å². The summed E-state index contributed by atoms with van der Waals surface area (Å²) < 4.78 is 0.844. The second-order valence-electron chi connectivity index (χ2n) is 6.13. The Labute approximate surface area is 173 Å². The Morgan fingerprint density at radius 2 is 1.96 bits per heavy atom. The van der Waals surface area contributed by atoms with Gasteiger partial charge < -0.3 is 10.2 Å². The summed E-state index contributed by atoms with van der Waals surface area (Å²) in [5.41, 5.74) is 3.52. The molecule has 0 unspecified atom stereocenters. The van der Waals surface area contributed by atoms with E-state index in [-0.39, 0.29) is 11.8 Å². The second-order valence-corrected chi connectivity index (χ2v) is 8.48. The van der Waals surface area contributed by atoms with Crippen molar-refractivity contribution < 1.29 is 9.59 Å². The molecule has 0 radical (unpaired) electrons. The number of fused-ring (bicyclic) bond motifs is 1. The number of carbonyl (C=O) groups excluding carboxylic acids is 2. The number of aliphatic imine (C=N–C) groups is 1. The minimum Gasteiger partial charge on any atom is -0.311 e. The van der Waals surface area contributed by atoms with Gasteiger partial charge in [-0.3, -0.25) is 9.59 Å². The summed E-state index contributed by atoms with van der Waals surface area (Å²) in [4.78, 5) is 31.8. The molecule has 5 nitrogen and oxygen atoms in total. The van der Waals surface area contributed by atoms with E-state index >= 15 is 0 Å². The molecule has 2 amide bonds. The summed E-state index contributed by atoms with van der Waals surface area (Å²) in [6, 6.07) is 10.9. The molecule has 2 aromatic carbocycles. The molecular formula is C19H13BrClN3O2S. The minimum atomic E-state index is -0.324. The Bertz CT molecular complexity index is 1080. The number of benzene rings is 2. The van der Waals surface area contributed by atoms with Crippen LogP contribution >= 0.6 is 39.3 Å². The Kier molecular flexibility index (Phi) is 4.61. The van der Waals surface area contributed by atoms with Gasteiger partial charge >= 0.3 is 0 Å². The van der Waals surface area contributed by atoms with Gasteiger partial charge in [-0.05, 0) is 60.6 Å². The number of thioether (sulfide) groups is 1. The first-order chi connectivity index (χ1) is 12.8. The van der Waals surface area contributed by atoms with Gasteiger partial charge in [-0.25, -0.2) is 4.99 Å². The van der Waals surface area contributed by atoms with Crippen molar-refractivity contribution in [2.24, 2.45) is 4.99 Å². The number of likely N-dealkylation sites (N-methyl/N-ethyl adjacent to an activating group) is 1. The highest BCUT2D eigenvalue weighted by Crippen LogP contribution is 2.43. The fourth-order valence-electron chi connectivity index (χ4n) is 3.00. The zero-order chi connectivity index (χ0) is 19.3. The van der Waals surface area contributed by atoms with Gasteiger partial charge in [-0.2, -0.15) is 0 Å². The lowest BCUT2D eigenvalue weighted by atomic mass is 10.1. The highest BCUT2D eigenvalue weighted by atomic mass is 79.9. The Hall–Kier alpha value is -2.09. The van der Waals surface area contributed by atoms with E-state index in [9.17, 15) is 9.59 Å². The number of hydrogen-bond donors (Lipinski definition) is 1. The molecule has 2 heterocycles. The first kappa shape index (κ1) is 18.3. The SMILES string of the molecule is Cc1cc(Cl)ccc1N=C1NC(=O)/C(=C2/C(=O)N(C)c3ccc(Br)cc32)S1. The molecule has 1 fully saturated rings. The maximum atomic E-state index is 12.8. The molecular weight excluding hydrogens is 450 g/mol. The summed E-state index contributed by atoms with van der Waals surface area (Å²) in [6.07, 6.45) is 0. The number of anilines is 1. The Balaban J connectivity index is 1.78. The van der Waals surface area contributed by atoms with E-state index in [1.807, 2.05) is 31.2 Å². The number of nitrogens with one attached hydrogen (secondary N) is 1. The second kappa shape index (κ2) is 6.82. The van der Waals surface area contributed by atoms with Gasteiger partial charge in [0, 0.05) is 22.1 Å². The van der Waals surface area contributed by atoms with E-state index in [2.05, 4.69) is 26.2 Å². The third kappa shape index (κ3) is 3.20. The minimum absolute atomic E-state index is 0.204. The van der Waals surface area contributed by atoms with Crippen molar-refractivity contribution in [3.8, 4) is 0 Å². The molecule has 2 aliphatic rings. The molecule has 0 aromatic heterocycles. The van der Waals surface area contributed by atoms with Gasteiger partial charge in [0.05, 0.1) is 21.9 Å². The van der Waals surface area contributed by atoms with E-state index in [1.54, 1.807) is 24.1 Å². The van der Waals surface area contributed by atoms with Crippen LogP contribution in [0, 0.1) is 6.92 Å². The van der Waals surface area contributed by atoms with Gasteiger partial charge in [0.1, 0.15) is 0 Å². The molecule has 1 N–H and O–H groups in total. The molecule has 4 rings (SSSR count). The van der Waals surface area contributed by atoms with Crippen molar-refractivity contribution in [1.82, 2.24) is 5.32 Å². The predicted molar refractivity (Wildman–Crippen MR) is 113 cm³/mol. The quantitative estimate of drug-likeness (QED) is 0.628. The van der Waals surface area contributed by atoms with Gasteiger partial charge in [0.25, 0.3) is 11.8 Å². The van der Waals surface area contributed by atoms with E-state index < -0.39 is 0 Å². The number of amides is 2. The van der Waals surface area contributed by atoms with Gasteiger partial charge in [-0.1, -0.05) is 27.5 Å². The van der Waals surface area contributed by atoms with Crippen molar-refractivity contribution in [1.29, 1.82) is 0 Å². The third-order valence-corrected chi connectivity index (χ3v) is 6.05. The molecule has 8 heteroatoms. The van der Waals surface area contributed by atoms with E-state index in [0.29, 0.717) is 26.4 Å². The zero-order valence-corrected chi connectivity index (χ0v) is 17.5. The van der Waals surface area contributed by atoms with E-state index in [0.717, 1.165) is 21.3 Å². The first-order valence-electron chi connectivity index (χ1n) is 8.01. The van der Waals surface area contributed by atoms with Crippen molar-refractivity contribution in [3.05, 3.63) is 61.9 Å². The van der Waals surface area contributed by atoms with Crippen molar-refractivity contribution in [2.75, 3.05) is 11.9 Å². The number of halogens is 2. The molecule has 2 aliphatic heterocycles. The van der Waals surface area contributed by atoms with Crippen LogP contribution in [0.25, 0.3) is 5.57 Å². The largest absolute Gasteiger partial charge is 0.311 e. The van der Waals surface area contributed by atoms with Crippen LogP contribution < -0.4 is 10.2 Å². The summed E-state index contributed by atoms with van der Waals surface area (Å²) in [6.45, 7) is 1.90. The van der Waals surface area contributed by atoms with Gasteiger partial charge in [0.2, 0.25) is 0 Å². The smallest absolute Gasteiger partial charge is 0.264 e. The maximum Gasteiger partial charge on any atom is 0.264 e. The summed E-state index contributed by atoms with van der Waals surface area (Å²) in [5.74, 6) is -0.528. The molecule has 0 aliphatic carbocycles. The Morgan fingerprint density at radius 1 is 1.19 bits per heavy atom. The summed E-state index contributed by atoms with van der Waals surface area (Å²) in [7, 11) is 1.70. The monoisotopic (exact) mass is 461 g/mol.